The zero-order valence-corrected chi connectivity index (χ0v) is 7.62. The fourth-order valence-electron chi connectivity index (χ4n) is 2.32. The van der Waals surface area contributed by atoms with Crippen molar-refractivity contribution in [2.24, 2.45) is 5.92 Å². The van der Waals surface area contributed by atoms with Crippen molar-refractivity contribution >= 4 is 5.97 Å². The van der Waals surface area contributed by atoms with Crippen molar-refractivity contribution in [1.29, 1.82) is 0 Å². The van der Waals surface area contributed by atoms with Gasteiger partial charge >= 0.3 is 5.97 Å². The van der Waals surface area contributed by atoms with Crippen LogP contribution in [0.25, 0.3) is 0 Å². The van der Waals surface area contributed by atoms with Crippen LogP contribution in [0.5, 0.6) is 0 Å². The van der Waals surface area contributed by atoms with Crippen molar-refractivity contribution in [2.45, 2.75) is 31.7 Å². The van der Waals surface area contributed by atoms with Gasteiger partial charge in [-0.1, -0.05) is 18.9 Å². The number of carbonyl (C=O) groups is 1. The molecular weight excluding hydrogens is 166 g/mol. The summed E-state index contributed by atoms with van der Waals surface area (Å²) in [7, 11) is 0. The summed E-state index contributed by atoms with van der Waals surface area (Å²) in [5, 5.41) is 12.1. The van der Waals surface area contributed by atoms with E-state index in [2.05, 4.69) is 5.32 Å². The molecule has 0 spiro atoms. The molecule has 1 saturated carbocycles. The number of aliphatic carboxylic acids is 1. The first-order valence-electron chi connectivity index (χ1n) is 4.95. The molecule has 0 unspecified atom stereocenters. The Balaban J connectivity index is 2.11. The topological polar surface area (TPSA) is 49.3 Å². The fourth-order valence-corrected chi connectivity index (χ4v) is 2.32. The Morgan fingerprint density at radius 1 is 1.46 bits per heavy atom. The van der Waals surface area contributed by atoms with E-state index in [0.29, 0.717) is 24.1 Å². The molecule has 2 rings (SSSR count). The van der Waals surface area contributed by atoms with E-state index in [1.807, 2.05) is 6.08 Å². The fraction of sp³-hybridized carbons (Fsp3) is 0.700. The van der Waals surface area contributed by atoms with Crippen LogP contribution in [-0.2, 0) is 4.79 Å². The van der Waals surface area contributed by atoms with E-state index in [0.717, 1.165) is 6.42 Å². The molecule has 0 bridgehead atoms. The van der Waals surface area contributed by atoms with Crippen molar-refractivity contribution in [3.63, 3.8) is 0 Å². The van der Waals surface area contributed by atoms with Crippen LogP contribution in [0.15, 0.2) is 11.6 Å². The highest BCUT2D eigenvalue weighted by molar-refractivity contribution is 5.87. The Morgan fingerprint density at radius 2 is 2.23 bits per heavy atom. The molecule has 1 heterocycles. The van der Waals surface area contributed by atoms with Gasteiger partial charge in [0.15, 0.2) is 0 Å². The normalized spacial score (nSPS) is 33.4. The summed E-state index contributed by atoms with van der Waals surface area (Å²) in [5.74, 6) is -0.301. The Bertz CT molecular complexity index is 247. The number of hydrogen-bond donors (Lipinski definition) is 2. The predicted octanol–water partition coefficient (Wildman–Crippen LogP) is 1.16. The van der Waals surface area contributed by atoms with Crippen LogP contribution in [0, 0.1) is 5.92 Å². The largest absolute Gasteiger partial charge is 0.478 e. The van der Waals surface area contributed by atoms with Crippen molar-refractivity contribution < 1.29 is 9.90 Å². The summed E-state index contributed by atoms with van der Waals surface area (Å²) in [5.41, 5.74) is 0.545. The van der Waals surface area contributed by atoms with Gasteiger partial charge in [-0.25, -0.2) is 4.79 Å². The van der Waals surface area contributed by atoms with Gasteiger partial charge in [-0.3, -0.25) is 0 Å². The zero-order chi connectivity index (χ0) is 9.26. The average Bonchev–Trinajstić information content (AvgIpc) is 2.17. The minimum Gasteiger partial charge on any atom is -0.478 e. The minimum atomic E-state index is -0.767. The van der Waals surface area contributed by atoms with Crippen LogP contribution in [-0.4, -0.2) is 23.7 Å². The molecule has 1 aliphatic heterocycles. The molecule has 0 aromatic carbocycles. The molecule has 0 aromatic rings. The third-order valence-corrected chi connectivity index (χ3v) is 3.06. The average molecular weight is 181 g/mol. The van der Waals surface area contributed by atoms with Crippen LogP contribution in [0.4, 0.5) is 0 Å². The van der Waals surface area contributed by atoms with E-state index < -0.39 is 5.97 Å². The van der Waals surface area contributed by atoms with Crippen molar-refractivity contribution in [3.8, 4) is 0 Å². The Kier molecular flexibility index (Phi) is 2.36. The molecule has 13 heavy (non-hydrogen) atoms. The highest BCUT2D eigenvalue weighted by Gasteiger charge is 2.28. The van der Waals surface area contributed by atoms with Crippen LogP contribution >= 0.6 is 0 Å². The molecule has 3 heteroatoms. The third kappa shape index (κ3) is 1.75. The lowest BCUT2D eigenvalue weighted by atomic mass is 9.81. The quantitative estimate of drug-likeness (QED) is 0.638. The van der Waals surface area contributed by atoms with Gasteiger partial charge in [0, 0.05) is 18.2 Å². The molecule has 1 aliphatic carbocycles. The molecule has 2 atom stereocenters. The standard InChI is InChI=1S/C10H15NO2/c12-10(13)8-5-7-3-1-2-4-9(7)11-6-8/h5,7,9,11H,1-4,6H2,(H,12,13)/t7-,9+/m1/s1. The Hall–Kier alpha value is -0.830. The minimum absolute atomic E-state index is 0.466. The number of fused-ring (bicyclic) bond motifs is 1. The maximum Gasteiger partial charge on any atom is 0.332 e. The molecule has 2 N–H and O–H groups in total. The van der Waals surface area contributed by atoms with E-state index in [1.54, 1.807) is 0 Å². The van der Waals surface area contributed by atoms with E-state index >= 15 is 0 Å². The number of carboxylic acids is 1. The van der Waals surface area contributed by atoms with Gasteiger partial charge in [-0.2, -0.15) is 0 Å². The van der Waals surface area contributed by atoms with Crippen LogP contribution in [0.3, 0.4) is 0 Å². The Morgan fingerprint density at radius 3 is 3.00 bits per heavy atom. The lowest BCUT2D eigenvalue weighted by Crippen LogP contribution is -2.43. The summed E-state index contributed by atoms with van der Waals surface area (Å²) in [6, 6.07) is 0.539. The van der Waals surface area contributed by atoms with Gasteiger partial charge < -0.3 is 10.4 Å². The lowest BCUT2D eigenvalue weighted by Gasteiger charge is -2.34. The summed E-state index contributed by atoms with van der Waals surface area (Å²) < 4.78 is 0. The monoisotopic (exact) mass is 181 g/mol. The van der Waals surface area contributed by atoms with Gasteiger partial charge in [0.2, 0.25) is 0 Å². The summed E-state index contributed by atoms with van der Waals surface area (Å²) >= 11 is 0. The van der Waals surface area contributed by atoms with E-state index in [1.165, 1.54) is 19.3 Å². The van der Waals surface area contributed by atoms with Gasteiger partial charge in [0.1, 0.15) is 0 Å². The van der Waals surface area contributed by atoms with Crippen LogP contribution in [0.2, 0.25) is 0 Å². The smallest absolute Gasteiger partial charge is 0.332 e. The first-order valence-corrected chi connectivity index (χ1v) is 4.95. The number of nitrogens with one attached hydrogen (secondary N) is 1. The lowest BCUT2D eigenvalue weighted by molar-refractivity contribution is -0.132. The molecular formula is C10H15NO2. The number of rotatable bonds is 1. The Labute approximate surface area is 77.8 Å². The van der Waals surface area contributed by atoms with Crippen molar-refractivity contribution in [1.82, 2.24) is 5.32 Å². The highest BCUT2D eigenvalue weighted by atomic mass is 16.4. The summed E-state index contributed by atoms with van der Waals surface area (Å²) in [4.78, 5) is 10.7. The molecule has 0 aromatic heterocycles. The molecule has 1 fully saturated rings. The van der Waals surface area contributed by atoms with Gasteiger partial charge in [-0.05, 0) is 18.8 Å². The predicted molar refractivity (Wildman–Crippen MR) is 49.5 cm³/mol. The molecule has 2 aliphatic rings. The number of carboxylic acid groups (broad SMARTS) is 1. The SMILES string of the molecule is O=C(O)C1=C[C@H]2CCCC[C@@H]2NC1. The van der Waals surface area contributed by atoms with Gasteiger partial charge in [-0.15, -0.1) is 0 Å². The summed E-state index contributed by atoms with van der Waals surface area (Å²) in [6.07, 6.45) is 6.84. The van der Waals surface area contributed by atoms with E-state index in [-0.39, 0.29) is 0 Å². The van der Waals surface area contributed by atoms with Crippen molar-refractivity contribution in [3.05, 3.63) is 11.6 Å². The van der Waals surface area contributed by atoms with Gasteiger partial charge in [0.25, 0.3) is 0 Å². The third-order valence-electron chi connectivity index (χ3n) is 3.06. The molecule has 0 amide bonds. The second-order valence-corrected chi connectivity index (χ2v) is 3.93. The molecule has 72 valence electrons. The van der Waals surface area contributed by atoms with E-state index in [9.17, 15) is 4.79 Å². The second kappa shape index (κ2) is 3.50. The van der Waals surface area contributed by atoms with Crippen LogP contribution < -0.4 is 5.32 Å². The first kappa shape index (κ1) is 8.75. The first-order chi connectivity index (χ1) is 6.27. The molecule has 3 nitrogen and oxygen atoms in total. The zero-order valence-electron chi connectivity index (χ0n) is 7.62. The van der Waals surface area contributed by atoms with E-state index in [4.69, 9.17) is 5.11 Å². The van der Waals surface area contributed by atoms with Crippen LogP contribution in [0.1, 0.15) is 25.7 Å². The molecule has 0 radical (unpaired) electrons. The maximum atomic E-state index is 10.7. The highest BCUT2D eigenvalue weighted by Crippen LogP contribution is 2.28. The maximum absolute atomic E-state index is 10.7. The van der Waals surface area contributed by atoms with Crippen molar-refractivity contribution in [2.75, 3.05) is 6.54 Å². The van der Waals surface area contributed by atoms with Gasteiger partial charge in [0.05, 0.1) is 0 Å². The summed E-state index contributed by atoms with van der Waals surface area (Å²) in [6.45, 7) is 0.538. The second-order valence-electron chi connectivity index (χ2n) is 3.93. The number of hydrogen-bond acceptors (Lipinski definition) is 2. The molecule has 0 saturated heterocycles.